The highest BCUT2D eigenvalue weighted by atomic mass is 79.9. The SMILES string of the molecule is Br.O=[N+]([O-])c1ccc(CSC2=NCN(CC3CCCO3)CN2)cc1. The molecule has 132 valence electrons. The van der Waals surface area contributed by atoms with Gasteiger partial charge in [0.2, 0.25) is 0 Å². The molecule has 0 aromatic heterocycles. The number of hydrogen-bond acceptors (Lipinski definition) is 7. The average Bonchev–Trinajstić information content (AvgIpc) is 3.07. The maximum atomic E-state index is 10.6. The summed E-state index contributed by atoms with van der Waals surface area (Å²) in [4.78, 5) is 17.0. The minimum absolute atomic E-state index is 0. The Morgan fingerprint density at radius 2 is 2.21 bits per heavy atom. The highest BCUT2D eigenvalue weighted by Gasteiger charge is 2.21. The summed E-state index contributed by atoms with van der Waals surface area (Å²) < 4.78 is 5.64. The third-order valence-corrected chi connectivity index (χ3v) is 4.90. The van der Waals surface area contributed by atoms with Crippen LogP contribution in [0.4, 0.5) is 5.69 Å². The van der Waals surface area contributed by atoms with E-state index in [1.807, 2.05) is 0 Å². The van der Waals surface area contributed by atoms with Crippen molar-refractivity contribution in [1.29, 1.82) is 0 Å². The van der Waals surface area contributed by atoms with Crippen molar-refractivity contribution in [2.45, 2.75) is 24.7 Å². The van der Waals surface area contributed by atoms with E-state index in [4.69, 9.17) is 4.74 Å². The monoisotopic (exact) mass is 416 g/mol. The molecule has 9 heteroatoms. The number of benzene rings is 1. The highest BCUT2D eigenvalue weighted by Crippen LogP contribution is 2.19. The number of hydrogen-bond donors (Lipinski definition) is 1. The van der Waals surface area contributed by atoms with Gasteiger partial charge >= 0.3 is 0 Å². The Balaban J connectivity index is 0.00000208. The van der Waals surface area contributed by atoms with Crippen LogP contribution in [0.25, 0.3) is 0 Å². The summed E-state index contributed by atoms with van der Waals surface area (Å²) >= 11 is 1.62. The van der Waals surface area contributed by atoms with E-state index < -0.39 is 0 Å². The summed E-state index contributed by atoms with van der Waals surface area (Å²) in [5, 5.41) is 14.9. The first-order valence-electron chi connectivity index (χ1n) is 7.69. The summed E-state index contributed by atoms with van der Waals surface area (Å²) in [5.74, 6) is 0.746. The first-order valence-corrected chi connectivity index (χ1v) is 8.68. The van der Waals surface area contributed by atoms with Crippen LogP contribution in [0.3, 0.4) is 0 Å². The molecule has 3 rings (SSSR count). The Bertz CT molecular complexity index is 579. The van der Waals surface area contributed by atoms with Gasteiger partial charge in [-0.3, -0.25) is 15.0 Å². The van der Waals surface area contributed by atoms with E-state index in [1.165, 1.54) is 12.1 Å². The number of thioether (sulfide) groups is 1. The molecule has 7 nitrogen and oxygen atoms in total. The van der Waals surface area contributed by atoms with E-state index in [9.17, 15) is 10.1 Å². The van der Waals surface area contributed by atoms with Crippen LogP contribution in [-0.4, -0.2) is 47.6 Å². The van der Waals surface area contributed by atoms with Crippen LogP contribution in [0.15, 0.2) is 29.3 Å². The number of nitro benzene ring substituents is 1. The summed E-state index contributed by atoms with van der Waals surface area (Å²) in [6, 6.07) is 6.65. The molecule has 2 heterocycles. The molecule has 1 fully saturated rings. The van der Waals surface area contributed by atoms with E-state index in [2.05, 4.69) is 15.2 Å². The lowest BCUT2D eigenvalue weighted by Gasteiger charge is -2.28. The smallest absolute Gasteiger partial charge is 0.269 e. The Morgan fingerprint density at radius 1 is 1.42 bits per heavy atom. The lowest BCUT2D eigenvalue weighted by atomic mass is 10.2. The number of non-ortho nitro benzene ring substituents is 1. The van der Waals surface area contributed by atoms with Crippen molar-refractivity contribution in [3.63, 3.8) is 0 Å². The Labute approximate surface area is 155 Å². The molecule has 1 N–H and O–H groups in total. The van der Waals surface area contributed by atoms with Crippen LogP contribution in [0, 0.1) is 10.1 Å². The zero-order valence-electron chi connectivity index (χ0n) is 13.2. The molecule has 0 bridgehead atoms. The summed E-state index contributed by atoms with van der Waals surface area (Å²) in [7, 11) is 0. The number of amidine groups is 1. The molecule has 2 aliphatic heterocycles. The minimum Gasteiger partial charge on any atom is -0.377 e. The van der Waals surface area contributed by atoms with Gasteiger partial charge in [0.1, 0.15) is 0 Å². The van der Waals surface area contributed by atoms with Crippen molar-refractivity contribution < 1.29 is 9.66 Å². The molecule has 1 atom stereocenters. The molecule has 1 aromatic carbocycles. The number of aliphatic imine (C=N–C) groups is 1. The predicted octanol–water partition coefficient (Wildman–Crippen LogP) is 2.76. The van der Waals surface area contributed by atoms with Crippen LogP contribution >= 0.6 is 28.7 Å². The summed E-state index contributed by atoms with van der Waals surface area (Å²) in [6.07, 6.45) is 2.65. The number of halogens is 1. The van der Waals surface area contributed by atoms with Crippen LogP contribution in [0.1, 0.15) is 18.4 Å². The normalized spacial score (nSPS) is 20.8. The van der Waals surface area contributed by atoms with Gasteiger partial charge < -0.3 is 10.1 Å². The molecule has 0 spiro atoms. The Hall–Kier alpha value is -1.16. The second-order valence-electron chi connectivity index (χ2n) is 5.64. The maximum absolute atomic E-state index is 10.6. The highest BCUT2D eigenvalue weighted by molar-refractivity contribution is 8.93. The molecular formula is C15H21BrN4O3S. The van der Waals surface area contributed by atoms with Crippen molar-refractivity contribution in [3.05, 3.63) is 39.9 Å². The van der Waals surface area contributed by atoms with E-state index >= 15 is 0 Å². The van der Waals surface area contributed by atoms with Crippen molar-refractivity contribution in [2.24, 2.45) is 4.99 Å². The van der Waals surface area contributed by atoms with Gasteiger partial charge in [0, 0.05) is 31.0 Å². The summed E-state index contributed by atoms with van der Waals surface area (Å²) in [5.41, 5.74) is 1.17. The van der Waals surface area contributed by atoms with Crippen LogP contribution < -0.4 is 5.32 Å². The fourth-order valence-electron chi connectivity index (χ4n) is 2.61. The van der Waals surface area contributed by atoms with Gasteiger partial charge in [-0.1, -0.05) is 23.9 Å². The Kier molecular flexibility index (Phi) is 7.47. The molecule has 0 radical (unpaired) electrons. The van der Waals surface area contributed by atoms with Crippen LogP contribution in [0.2, 0.25) is 0 Å². The van der Waals surface area contributed by atoms with Gasteiger partial charge in [0.05, 0.1) is 24.4 Å². The topological polar surface area (TPSA) is 80.0 Å². The van der Waals surface area contributed by atoms with E-state index in [0.717, 1.165) is 49.1 Å². The first-order chi connectivity index (χ1) is 11.2. The zero-order valence-corrected chi connectivity index (χ0v) is 15.7. The minimum atomic E-state index is -0.383. The van der Waals surface area contributed by atoms with Crippen molar-refractivity contribution in [2.75, 3.05) is 26.5 Å². The molecule has 1 saturated heterocycles. The lowest BCUT2D eigenvalue weighted by Crippen LogP contribution is -2.44. The van der Waals surface area contributed by atoms with Gasteiger partial charge in [-0.25, -0.2) is 4.99 Å². The van der Waals surface area contributed by atoms with Crippen LogP contribution in [0.5, 0.6) is 0 Å². The lowest BCUT2D eigenvalue weighted by molar-refractivity contribution is -0.384. The van der Waals surface area contributed by atoms with Gasteiger partial charge in [0.25, 0.3) is 5.69 Å². The molecule has 1 aromatic rings. The second-order valence-corrected chi connectivity index (χ2v) is 6.60. The third-order valence-electron chi connectivity index (χ3n) is 3.88. The number of nitrogens with one attached hydrogen (secondary N) is 1. The molecule has 24 heavy (non-hydrogen) atoms. The predicted molar refractivity (Wildman–Crippen MR) is 101 cm³/mol. The first kappa shape index (κ1) is 19.2. The fraction of sp³-hybridized carbons (Fsp3) is 0.533. The largest absolute Gasteiger partial charge is 0.377 e. The van der Waals surface area contributed by atoms with Gasteiger partial charge in [0.15, 0.2) is 5.17 Å². The van der Waals surface area contributed by atoms with Gasteiger partial charge in [-0.2, -0.15) is 0 Å². The third kappa shape index (κ3) is 5.44. The Morgan fingerprint density at radius 3 is 2.79 bits per heavy atom. The molecule has 0 saturated carbocycles. The molecule has 1 unspecified atom stereocenters. The number of nitrogens with zero attached hydrogens (tertiary/aromatic N) is 3. The number of ether oxygens (including phenoxy) is 1. The van der Waals surface area contributed by atoms with Crippen molar-refractivity contribution in [1.82, 2.24) is 10.2 Å². The van der Waals surface area contributed by atoms with E-state index in [0.29, 0.717) is 12.8 Å². The molecule has 0 amide bonds. The van der Waals surface area contributed by atoms with E-state index in [-0.39, 0.29) is 27.6 Å². The van der Waals surface area contributed by atoms with Crippen LogP contribution in [-0.2, 0) is 10.5 Å². The zero-order chi connectivity index (χ0) is 16.1. The maximum Gasteiger partial charge on any atom is 0.269 e. The standard InChI is InChI=1S/C15H20N4O3S.BrH/c20-19(21)13-5-3-12(4-6-13)9-23-15-16-10-18(11-17-15)8-14-2-1-7-22-14;/h3-6,14H,1-2,7-11H2,(H,16,17);1H. The van der Waals surface area contributed by atoms with Crippen molar-refractivity contribution in [3.8, 4) is 0 Å². The second kappa shape index (κ2) is 9.36. The van der Waals surface area contributed by atoms with Gasteiger partial charge in [-0.15, -0.1) is 17.0 Å². The summed E-state index contributed by atoms with van der Waals surface area (Å²) in [6.45, 7) is 3.28. The fourth-order valence-corrected chi connectivity index (χ4v) is 3.42. The van der Waals surface area contributed by atoms with E-state index in [1.54, 1.807) is 23.9 Å². The van der Waals surface area contributed by atoms with Crippen molar-refractivity contribution >= 4 is 39.6 Å². The quantitative estimate of drug-likeness (QED) is 0.586. The number of nitro groups is 1. The molecular weight excluding hydrogens is 396 g/mol. The molecule has 0 aliphatic carbocycles. The van der Waals surface area contributed by atoms with Gasteiger partial charge in [-0.05, 0) is 18.4 Å². The number of rotatable bonds is 5. The average molecular weight is 417 g/mol. The molecule has 2 aliphatic rings.